The van der Waals surface area contributed by atoms with Gasteiger partial charge >= 0.3 is 6.09 Å². The van der Waals surface area contributed by atoms with Crippen molar-refractivity contribution in [3.63, 3.8) is 0 Å². The van der Waals surface area contributed by atoms with Crippen molar-refractivity contribution >= 4 is 52.0 Å². The van der Waals surface area contributed by atoms with E-state index in [-0.39, 0.29) is 16.7 Å². The van der Waals surface area contributed by atoms with Crippen LogP contribution < -0.4 is 21.7 Å². The molecule has 236 valence electrons. The Labute approximate surface area is 253 Å². The highest BCUT2D eigenvalue weighted by Gasteiger charge is 2.20. The van der Waals surface area contributed by atoms with Crippen LogP contribution in [0.1, 0.15) is 66.4 Å². The van der Waals surface area contributed by atoms with Gasteiger partial charge in [-0.05, 0) is 64.8 Å². The predicted octanol–water partition coefficient (Wildman–Crippen LogP) is 3.68. The lowest BCUT2D eigenvalue weighted by molar-refractivity contribution is -0.129. The van der Waals surface area contributed by atoms with Gasteiger partial charge in [-0.2, -0.15) is 0 Å². The third-order valence-electron chi connectivity index (χ3n) is 4.61. The van der Waals surface area contributed by atoms with E-state index in [2.05, 4.69) is 41.5 Å². The number of alkyl carbamates (subject to hydrolysis) is 1. The summed E-state index contributed by atoms with van der Waals surface area (Å²) in [6.07, 6.45) is 2.06. The molecule has 2 unspecified atom stereocenters. The Morgan fingerprint density at radius 2 is 1.66 bits per heavy atom. The van der Waals surface area contributed by atoms with Crippen molar-refractivity contribution in [1.82, 2.24) is 16.0 Å². The lowest BCUT2D eigenvalue weighted by atomic mass is 10.1. The van der Waals surface area contributed by atoms with Crippen LogP contribution in [0.2, 0.25) is 0 Å². The molecule has 0 saturated carbocycles. The fraction of sp³-hybridized carbons (Fsp3) is 0.643. The van der Waals surface area contributed by atoms with Crippen LogP contribution in [0.25, 0.3) is 0 Å². The zero-order valence-electron chi connectivity index (χ0n) is 25.7. The van der Waals surface area contributed by atoms with E-state index < -0.39 is 17.7 Å². The van der Waals surface area contributed by atoms with Gasteiger partial charge in [0.2, 0.25) is 5.91 Å². The lowest BCUT2D eigenvalue weighted by Crippen LogP contribution is -2.44. The maximum Gasteiger partial charge on any atom is 0.408 e. The largest absolute Gasteiger partial charge is 0.463 e. The van der Waals surface area contributed by atoms with Gasteiger partial charge in [-0.1, -0.05) is 54.5 Å². The van der Waals surface area contributed by atoms with Crippen LogP contribution in [-0.2, 0) is 30.5 Å². The number of hydrogen-bond acceptors (Lipinski definition) is 11. The van der Waals surface area contributed by atoms with Gasteiger partial charge in [0.15, 0.2) is 0 Å². The molecule has 0 heterocycles. The lowest BCUT2D eigenvalue weighted by Gasteiger charge is -2.21. The average Bonchev–Trinajstić information content (AvgIpc) is 2.89. The summed E-state index contributed by atoms with van der Waals surface area (Å²) in [5.41, 5.74) is 6.49. The Hall–Kier alpha value is -2.48. The SMILES string of the molecule is CNC(CSSC(C)(C)C)C(=O)NCCCCC(C=O)NC(=O)OC(C)(C)C.CO.Nc1ccc(COC=O)cc1. The highest BCUT2D eigenvalue weighted by atomic mass is 33.1. The predicted molar refractivity (Wildman–Crippen MR) is 169 cm³/mol. The Balaban J connectivity index is 0. The molecule has 0 aliphatic rings. The number of anilines is 1. The van der Waals surface area contributed by atoms with E-state index in [1.807, 2.05) is 12.1 Å². The number of aliphatic hydroxyl groups is 1. The smallest absolute Gasteiger partial charge is 0.408 e. The number of unbranched alkanes of at least 4 members (excludes halogenated alkanes) is 1. The molecular formula is C28H50N4O7S2. The zero-order chi connectivity index (χ0) is 31.9. The summed E-state index contributed by atoms with van der Waals surface area (Å²) in [7, 11) is 6.22. The number of ether oxygens (including phenoxy) is 2. The number of likely N-dealkylation sites (N-methyl/N-ethyl adjacent to an activating group) is 1. The van der Waals surface area contributed by atoms with Crippen LogP contribution in [0.4, 0.5) is 10.5 Å². The third kappa shape index (κ3) is 25.0. The first-order chi connectivity index (χ1) is 19.2. The summed E-state index contributed by atoms with van der Waals surface area (Å²) in [5, 5.41) is 15.5. The number of carbonyl (C=O) groups excluding carboxylic acids is 4. The molecule has 0 spiro atoms. The van der Waals surface area contributed by atoms with Gasteiger partial charge in [0.1, 0.15) is 18.5 Å². The average molecular weight is 619 g/mol. The van der Waals surface area contributed by atoms with Crippen molar-refractivity contribution in [2.75, 3.05) is 32.2 Å². The molecule has 0 aromatic heterocycles. The maximum absolute atomic E-state index is 12.2. The number of nitrogens with one attached hydrogen (secondary N) is 3. The van der Waals surface area contributed by atoms with E-state index in [0.717, 1.165) is 19.1 Å². The van der Waals surface area contributed by atoms with Crippen molar-refractivity contribution in [2.45, 2.75) is 89.8 Å². The van der Waals surface area contributed by atoms with Crippen molar-refractivity contribution in [1.29, 1.82) is 0 Å². The second-order valence-electron chi connectivity index (χ2n) is 10.6. The van der Waals surface area contributed by atoms with Gasteiger partial charge in [0, 0.05) is 29.8 Å². The number of aldehydes is 1. The molecule has 11 nitrogen and oxygen atoms in total. The van der Waals surface area contributed by atoms with Crippen LogP contribution in [0.3, 0.4) is 0 Å². The normalized spacial score (nSPS) is 12.2. The zero-order valence-corrected chi connectivity index (χ0v) is 27.3. The molecule has 6 N–H and O–H groups in total. The van der Waals surface area contributed by atoms with Crippen LogP contribution >= 0.6 is 21.6 Å². The quantitative estimate of drug-likeness (QED) is 0.0841. The first kappa shape index (κ1) is 40.7. The van der Waals surface area contributed by atoms with Gasteiger partial charge < -0.3 is 41.1 Å². The van der Waals surface area contributed by atoms with Gasteiger partial charge in [-0.15, -0.1) is 0 Å². The number of nitrogens with two attached hydrogens (primary N) is 1. The monoisotopic (exact) mass is 618 g/mol. The van der Waals surface area contributed by atoms with Crippen molar-refractivity contribution in [2.24, 2.45) is 0 Å². The minimum Gasteiger partial charge on any atom is -0.463 e. The number of rotatable bonds is 15. The molecule has 0 saturated heterocycles. The molecule has 13 heteroatoms. The minimum atomic E-state index is -0.602. The summed E-state index contributed by atoms with van der Waals surface area (Å²) in [4.78, 5) is 44.9. The Bertz CT molecular complexity index is 860. The van der Waals surface area contributed by atoms with Gasteiger partial charge in [-0.25, -0.2) is 4.79 Å². The molecule has 0 fully saturated rings. The molecule has 1 aromatic carbocycles. The first-order valence-corrected chi connectivity index (χ1v) is 15.6. The van der Waals surface area contributed by atoms with E-state index in [9.17, 15) is 19.2 Å². The number of aliphatic hydroxyl groups excluding tert-OH is 1. The molecule has 2 atom stereocenters. The fourth-order valence-corrected chi connectivity index (χ4v) is 5.32. The van der Waals surface area contributed by atoms with Crippen LogP contribution in [-0.4, -0.2) is 78.8 Å². The molecule has 0 aliphatic carbocycles. The highest BCUT2D eigenvalue weighted by molar-refractivity contribution is 8.77. The summed E-state index contributed by atoms with van der Waals surface area (Å²) < 4.78 is 9.84. The van der Waals surface area contributed by atoms with Crippen LogP contribution in [0.15, 0.2) is 24.3 Å². The number of benzene rings is 1. The number of nitrogen functional groups attached to an aromatic ring is 1. The Morgan fingerprint density at radius 3 is 2.15 bits per heavy atom. The minimum absolute atomic E-state index is 0.0247. The summed E-state index contributed by atoms with van der Waals surface area (Å²) in [5.74, 6) is 0.667. The van der Waals surface area contributed by atoms with Crippen LogP contribution in [0, 0.1) is 0 Å². The van der Waals surface area contributed by atoms with E-state index in [1.165, 1.54) is 0 Å². The number of amides is 2. The topological polar surface area (TPSA) is 169 Å². The van der Waals surface area contributed by atoms with E-state index in [1.54, 1.807) is 61.5 Å². The molecule has 0 aliphatic heterocycles. The standard InChI is InChI=1S/C19H37N3O4S2.C8H9NO2.CH4O/c1-18(2,3)26-17(25)22-14(12-23)10-8-9-11-21-16(24)15(20-7)13-27-28-19(4,5)6;9-8-3-1-7(2-4-8)5-11-6-10;1-2/h12,14-15,20H,8-11,13H2,1-7H3,(H,21,24)(H,22,25);1-4,6H,5,9H2;2H,1H3. The fourth-order valence-electron chi connectivity index (χ4n) is 2.77. The van der Waals surface area contributed by atoms with Crippen molar-refractivity contribution in [3.8, 4) is 0 Å². The van der Waals surface area contributed by atoms with Crippen molar-refractivity contribution in [3.05, 3.63) is 29.8 Å². The molecular weight excluding hydrogens is 568 g/mol. The second kappa shape index (κ2) is 23.1. The Morgan fingerprint density at radius 1 is 1.05 bits per heavy atom. The van der Waals surface area contributed by atoms with E-state index in [4.69, 9.17) is 15.6 Å². The van der Waals surface area contributed by atoms with E-state index in [0.29, 0.717) is 50.2 Å². The molecule has 1 aromatic rings. The molecule has 0 radical (unpaired) electrons. The second-order valence-corrected chi connectivity index (χ2v) is 13.8. The number of hydrogen-bond donors (Lipinski definition) is 5. The molecule has 1 rings (SSSR count). The number of carbonyl (C=O) groups is 4. The van der Waals surface area contributed by atoms with Gasteiger partial charge in [0.05, 0.1) is 12.1 Å². The maximum atomic E-state index is 12.2. The highest BCUT2D eigenvalue weighted by Crippen LogP contribution is 2.35. The van der Waals surface area contributed by atoms with Crippen molar-refractivity contribution < 1.29 is 33.8 Å². The van der Waals surface area contributed by atoms with Gasteiger partial charge in [0.25, 0.3) is 6.47 Å². The first-order valence-electron chi connectivity index (χ1n) is 13.3. The Kier molecular flexibility index (Phi) is 22.9. The van der Waals surface area contributed by atoms with Crippen LogP contribution in [0.5, 0.6) is 0 Å². The molecule has 0 bridgehead atoms. The van der Waals surface area contributed by atoms with E-state index >= 15 is 0 Å². The summed E-state index contributed by atoms with van der Waals surface area (Å²) >= 11 is 0. The summed E-state index contributed by atoms with van der Waals surface area (Å²) in [6, 6.07) is 6.35. The summed E-state index contributed by atoms with van der Waals surface area (Å²) in [6.45, 7) is 13.0. The molecule has 2 amide bonds. The third-order valence-corrected chi connectivity index (χ3v) is 7.96. The van der Waals surface area contributed by atoms with Gasteiger partial charge in [-0.3, -0.25) is 9.59 Å². The molecule has 41 heavy (non-hydrogen) atoms.